The quantitative estimate of drug-likeness (QED) is 0.566. The van der Waals surface area contributed by atoms with Crippen molar-refractivity contribution < 1.29 is 14.3 Å². The van der Waals surface area contributed by atoms with E-state index in [2.05, 4.69) is 31.4 Å². The van der Waals surface area contributed by atoms with Crippen LogP contribution < -0.4 is 20.1 Å². The molecule has 1 aromatic rings. The lowest BCUT2D eigenvalue weighted by Crippen LogP contribution is -2.45. The third-order valence-electron chi connectivity index (χ3n) is 5.36. The van der Waals surface area contributed by atoms with Crippen molar-refractivity contribution in [1.82, 2.24) is 10.6 Å². The van der Waals surface area contributed by atoms with Crippen LogP contribution in [0.4, 0.5) is 0 Å². The molecule has 0 spiro atoms. The summed E-state index contributed by atoms with van der Waals surface area (Å²) < 4.78 is 10.5. The van der Waals surface area contributed by atoms with Crippen molar-refractivity contribution in [3.63, 3.8) is 0 Å². The van der Waals surface area contributed by atoms with Gasteiger partial charge in [0.1, 0.15) is 0 Å². The molecule has 1 fully saturated rings. The first-order valence-electron chi connectivity index (χ1n) is 9.74. The van der Waals surface area contributed by atoms with Crippen molar-refractivity contribution >= 4 is 29.3 Å². The molecule has 0 radical (unpaired) electrons. The minimum Gasteiger partial charge on any atom is -0.493 e. The van der Waals surface area contributed by atoms with E-state index in [0.29, 0.717) is 28.1 Å². The van der Waals surface area contributed by atoms with Gasteiger partial charge in [0.05, 0.1) is 14.2 Å². The van der Waals surface area contributed by atoms with Crippen molar-refractivity contribution in [1.29, 1.82) is 0 Å². The molecule has 1 aliphatic rings. The first kappa shape index (κ1) is 22.2. The van der Waals surface area contributed by atoms with Gasteiger partial charge in [-0.3, -0.25) is 10.1 Å². The van der Waals surface area contributed by atoms with Crippen LogP contribution in [0, 0.1) is 11.3 Å². The molecule has 0 bridgehead atoms. The molecule has 1 aliphatic carbocycles. The maximum atomic E-state index is 12.1. The van der Waals surface area contributed by atoms with E-state index in [1.807, 2.05) is 12.1 Å². The summed E-state index contributed by atoms with van der Waals surface area (Å²) in [6.45, 7) is 6.92. The second-order valence-corrected chi connectivity index (χ2v) is 8.73. The molecule has 1 amide bonds. The van der Waals surface area contributed by atoms with Crippen LogP contribution in [0.15, 0.2) is 24.3 Å². The molecule has 0 unspecified atom stereocenters. The van der Waals surface area contributed by atoms with E-state index >= 15 is 0 Å². The summed E-state index contributed by atoms with van der Waals surface area (Å²) in [6, 6.07) is 5.81. The zero-order valence-corrected chi connectivity index (χ0v) is 18.3. The minimum atomic E-state index is -0.254. The van der Waals surface area contributed by atoms with Gasteiger partial charge >= 0.3 is 0 Å². The third-order valence-corrected chi connectivity index (χ3v) is 5.58. The maximum Gasteiger partial charge on any atom is 0.250 e. The number of methoxy groups -OCH3 is 2. The van der Waals surface area contributed by atoms with Gasteiger partial charge in [-0.15, -0.1) is 0 Å². The van der Waals surface area contributed by atoms with Crippen molar-refractivity contribution in [2.45, 2.75) is 52.5 Å². The predicted molar refractivity (Wildman–Crippen MR) is 118 cm³/mol. The normalized spacial score (nSPS) is 19.9. The highest BCUT2D eigenvalue weighted by molar-refractivity contribution is 7.80. The highest BCUT2D eigenvalue weighted by atomic mass is 32.1. The number of benzene rings is 1. The number of carbonyl (C=O) groups excluding carboxylic acids is 1. The van der Waals surface area contributed by atoms with Gasteiger partial charge in [0, 0.05) is 12.1 Å². The van der Waals surface area contributed by atoms with E-state index in [1.165, 1.54) is 18.9 Å². The van der Waals surface area contributed by atoms with Gasteiger partial charge in [-0.25, -0.2) is 0 Å². The standard InChI is InChI=1S/C22H32N2O3S/c1-22(2,3)16-8-10-17(11-9-16)23-21(28)24-20(25)13-7-15-6-12-18(26-4)19(14-15)27-5/h6-7,12-14,16-17H,8-11H2,1-5H3,(H2,23,24,25,28)/b13-7+. The Kier molecular flexibility index (Phi) is 7.87. The molecule has 1 saturated carbocycles. The van der Waals surface area contributed by atoms with Gasteiger partial charge in [0.15, 0.2) is 16.6 Å². The Morgan fingerprint density at radius 3 is 2.32 bits per heavy atom. The molecule has 0 aliphatic heterocycles. The lowest BCUT2D eigenvalue weighted by Gasteiger charge is -2.37. The van der Waals surface area contributed by atoms with E-state index in [0.717, 1.165) is 24.3 Å². The molecule has 1 aromatic carbocycles. The Labute approximate surface area is 173 Å². The molecule has 6 heteroatoms. The fraction of sp³-hybridized carbons (Fsp3) is 0.545. The van der Waals surface area contributed by atoms with Crippen molar-refractivity contribution in [3.05, 3.63) is 29.8 Å². The van der Waals surface area contributed by atoms with Crippen LogP contribution in [0.5, 0.6) is 11.5 Å². The van der Waals surface area contributed by atoms with Crippen LogP contribution in [-0.4, -0.2) is 31.3 Å². The van der Waals surface area contributed by atoms with E-state index in [4.69, 9.17) is 21.7 Å². The molecular formula is C22H32N2O3S. The Bertz CT molecular complexity index is 717. The number of hydrogen-bond donors (Lipinski definition) is 2. The SMILES string of the molecule is COc1ccc(/C=C/C(=O)NC(=S)NC2CCC(C(C)(C)C)CC2)cc1OC. The number of thiocarbonyl (C=S) groups is 1. The lowest BCUT2D eigenvalue weighted by atomic mass is 9.71. The van der Waals surface area contributed by atoms with Crippen LogP contribution in [-0.2, 0) is 4.79 Å². The zero-order chi connectivity index (χ0) is 20.7. The lowest BCUT2D eigenvalue weighted by molar-refractivity contribution is -0.115. The van der Waals surface area contributed by atoms with E-state index in [1.54, 1.807) is 26.4 Å². The van der Waals surface area contributed by atoms with Crippen molar-refractivity contribution in [2.24, 2.45) is 11.3 Å². The molecule has 0 heterocycles. The number of ether oxygens (including phenoxy) is 2. The van der Waals surface area contributed by atoms with Crippen LogP contribution in [0.1, 0.15) is 52.0 Å². The summed E-state index contributed by atoms with van der Waals surface area (Å²) in [6.07, 6.45) is 7.73. The van der Waals surface area contributed by atoms with Gasteiger partial charge in [-0.1, -0.05) is 26.8 Å². The Morgan fingerprint density at radius 2 is 1.75 bits per heavy atom. The average molecular weight is 405 g/mol. The second kappa shape index (κ2) is 9.92. The van der Waals surface area contributed by atoms with Crippen LogP contribution >= 0.6 is 12.2 Å². The van der Waals surface area contributed by atoms with Crippen LogP contribution in [0.2, 0.25) is 0 Å². The third kappa shape index (κ3) is 6.51. The first-order valence-corrected chi connectivity index (χ1v) is 10.2. The molecule has 28 heavy (non-hydrogen) atoms. The summed E-state index contributed by atoms with van der Waals surface area (Å²) in [7, 11) is 3.17. The minimum absolute atomic E-state index is 0.254. The number of carbonyl (C=O) groups is 1. The number of nitrogens with one attached hydrogen (secondary N) is 2. The maximum absolute atomic E-state index is 12.1. The molecule has 0 saturated heterocycles. The Balaban J connectivity index is 1.81. The van der Waals surface area contributed by atoms with Gasteiger partial charge in [0.2, 0.25) is 5.91 Å². The number of hydrogen-bond acceptors (Lipinski definition) is 4. The summed E-state index contributed by atoms with van der Waals surface area (Å²) in [5.41, 5.74) is 1.20. The van der Waals surface area contributed by atoms with Crippen molar-refractivity contribution in [3.8, 4) is 11.5 Å². The van der Waals surface area contributed by atoms with E-state index < -0.39 is 0 Å². The largest absolute Gasteiger partial charge is 0.493 e. The Hall–Kier alpha value is -2.08. The number of rotatable bonds is 5. The van der Waals surface area contributed by atoms with Gasteiger partial charge in [0.25, 0.3) is 0 Å². The predicted octanol–water partition coefficient (Wildman–Crippen LogP) is 4.31. The van der Waals surface area contributed by atoms with Gasteiger partial charge in [-0.05, 0) is 73.0 Å². The highest BCUT2D eigenvalue weighted by Gasteiger charge is 2.29. The smallest absolute Gasteiger partial charge is 0.250 e. The van der Waals surface area contributed by atoms with Crippen LogP contribution in [0.25, 0.3) is 6.08 Å². The topological polar surface area (TPSA) is 59.6 Å². The number of amides is 1. The zero-order valence-electron chi connectivity index (χ0n) is 17.5. The first-order chi connectivity index (χ1) is 13.2. The molecule has 0 aromatic heterocycles. The summed E-state index contributed by atoms with van der Waals surface area (Å²) >= 11 is 5.30. The summed E-state index contributed by atoms with van der Waals surface area (Å²) in [5, 5.41) is 6.40. The second-order valence-electron chi connectivity index (χ2n) is 8.33. The molecule has 2 rings (SSSR count). The van der Waals surface area contributed by atoms with E-state index in [9.17, 15) is 4.79 Å². The molecular weight excluding hydrogens is 372 g/mol. The molecule has 2 N–H and O–H groups in total. The summed E-state index contributed by atoms with van der Waals surface area (Å²) in [5.74, 6) is 1.76. The molecule has 154 valence electrons. The van der Waals surface area contributed by atoms with E-state index in [-0.39, 0.29) is 5.91 Å². The van der Waals surface area contributed by atoms with Crippen molar-refractivity contribution in [2.75, 3.05) is 14.2 Å². The summed E-state index contributed by atoms with van der Waals surface area (Å²) in [4.78, 5) is 12.1. The molecule has 5 nitrogen and oxygen atoms in total. The molecule has 0 atom stereocenters. The highest BCUT2D eigenvalue weighted by Crippen LogP contribution is 2.37. The van der Waals surface area contributed by atoms with Gasteiger partial charge in [-0.2, -0.15) is 0 Å². The fourth-order valence-corrected chi connectivity index (χ4v) is 3.87. The van der Waals surface area contributed by atoms with Gasteiger partial charge < -0.3 is 14.8 Å². The Morgan fingerprint density at radius 1 is 1.11 bits per heavy atom. The van der Waals surface area contributed by atoms with Crippen LogP contribution in [0.3, 0.4) is 0 Å². The fourth-order valence-electron chi connectivity index (χ4n) is 3.61. The monoisotopic (exact) mass is 404 g/mol. The average Bonchev–Trinajstić information content (AvgIpc) is 2.65.